The lowest BCUT2D eigenvalue weighted by atomic mass is 9.83. The van der Waals surface area contributed by atoms with Gasteiger partial charge in [0.05, 0.1) is 12.0 Å². The molecule has 2 atom stereocenters. The van der Waals surface area contributed by atoms with E-state index in [-0.39, 0.29) is 29.6 Å². The fraction of sp³-hybridized carbons (Fsp3) is 0.556. The molecule has 4 nitrogen and oxygen atoms in total. The second-order valence-electron chi connectivity index (χ2n) is 6.81. The van der Waals surface area contributed by atoms with Gasteiger partial charge in [0.2, 0.25) is 11.8 Å². The van der Waals surface area contributed by atoms with Gasteiger partial charge in [-0.15, -0.1) is 0 Å². The molecule has 1 heterocycles. The molecule has 3 rings (SSSR count). The molecule has 2 aliphatic rings. The average Bonchev–Trinajstić information content (AvgIpc) is 3.33. The molecule has 0 spiro atoms. The van der Waals surface area contributed by atoms with Crippen molar-refractivity contribution in [1.82, 2.24) is 9.80 Å². The maximum atomic E-state index is 13.6. The van der Waals surface area contributed by atoms with Crippen molar-refractivity contribution in [1.29, 1.82) is 0 Å². The Hall–Kier alpha value is -1.91. The lowest BCUT2D eigenvalue weighted by molar-refractivity contribution is -0.146. The molecule has 2 fully saturated rings. The van der Waals surface area contributed by atoms with Crippen LogP contribution in [0.25, 0.3) is 0 Å². The first-order chi connectivity index (χ1) is 11.0. The van der Waals surface area contributed by atoms with Crippen molar-refractivity contribution < 1.29 is 14.0 Å². The van der Waals surface area contributed by atoms with Crippen LogP contribution in [0.2, 0.25) is 0 Å². The molecule has 0 N–H and O–H groups in total. The van der Waals surface area contributed by atoms with Gasteiger partial charge in [0.15, 0.2) is 0 Å². The fourth-order valence-corrected chi connectivity index (χ4v) is 3.50. The lowest BCUT2D eigenvalue weighted by Gasteiger charge is -2.40. The number of carbonyl (C=O) groups is 2. The van der Waals surface area contributed by atoms with E-state index in [1.54, 1.807) is 29.0 Å². The van der Waals surface area contributed by atoms with Gasteiger partial charge in [0.1, 0.15) is 5.82 Å². The molecule has 1 aromatic rings. The first-order valence-electron chi connectivity index (χ1n) is 8.23. The van der Waals surface area contributed by atoms with Crippen molar-refractivity contribution >= 4 is 11.8 Å². The number of hydrogen-bond acceptors (Lipinski definition) is 2. The van der Waals surface area contributed by atoms with Crippen LogP contribution in [0.3, 0.4) is 0 Å². The molecule has 1 aliphatic heterocycles. The Morgan fingerprint density at radius 2 is 2.09 bits per heavy atom. The highest BCUT2D eigenvalue weighted by Gasteiger charge is 2.40. The summed E-state index contributed by atoms with van der Waals surface area (Å²) in [5, 5.41) is 0. The summed E-state index contributed by atoms with van der Waals surface area (Å²) >= 11 is 0. The summed E-state index contributed by atoms with van der Waals surface area (Å²) in [6.07, 6.45) is 3.27. The highest BCUT2D eigenvalue weighted by Crippen LogP contribution is 2.38. The highest BCUT2D eigenvalue weighted by atomic mass is 19.1. The van der Waals surface area contributed by atoms with Gasteiger partial charge in [0, 0.05) is 27.1 Å². The van der Waals surface area contributed by atoms with Crippen molar-refractivity contribution in [2.24, 2.45) is 11.8 Å². The van der Waals surface area contributed by atoms with E-state index < -0.39 is 0 Å². The molecule has 1 aliphatic carbocycles. The highest BCUT2D eigenvalue weighted by molar-refractivity contribution is 5.84. The molecule has 0 aromatic heterocycles. The number of halogens is 1. The first-order valence-corrected chi connectivity index (χ1v) is 8.23. The number of benzene rings is 1. The van der Waals surface area contributed by atoms with E-state index >= 15 is 0 Å². The summed E-state index contributed by atoms with van der Waals surface area (Å²) in [4.78, 5) is 28.4. The van der Waals surface area contributed by atoms with Gasteiger partial charge < -0.3 is 9.80 Å². The molecular formula is C18H23FN2O2. The van der Waals surface area contributed by atoms with Crippen LogP contribution in [0.4, 0.5) is 4.39 Å². The van der Waals surface area contributed by atoms with Crippen LogP contribution in [0, 0.1) is 17.7 Å². The second kappa shape index (κ2) is 6.30. The normalized spacial score (nSPS) is 24.7. The Morgan fingerprint density at radius 1 is 1.35 bits per heavy atom. The topological polar surface area (TPSA) is 40.6 Å². The average molecular weight is 318 g/mol. The van der Waals surface area contributed by atoms with Crippen LogP contribution in [0.5, 0.6) is 0 Å². The Labute approximate surface area is 136 Å². The predicted octanol–water partition coefficient (Wildman–Crippen LogP) is 2.60. The number of carbonyl (C=O) groups excluding carboxylic acids is 2. The van der Waals surface area contributed by atoms with Crippen molar-refractivity contribution in [2.45, 2.75) is 31.7 Å². The van der Waals surface area contributed by atoms with E-state index in [0.29, 0.717) is 24.3 Å². The molecule has 1 saturated carbocycles. The maximum absolute atomic E-state index is 13.6. The number of piperidine rings is 1. The van der Waals surface area contributed by atoms with Crippen molar-refractivity contribution in [3.63, 3.8) is 0 Å². The van der Waals surface area contributed by atoms with Gasteiger partial charge in [-0.2, -0.15) is 0 Å². The van der Waals surface area contributed by atoms with Gasteiger partial charge in [-0.25, -0.2) is 4.39 Å². The SMILES string of the molecule is CN(CC1CC1)C(=O)C1CCC(=O)N(C)C1c1cccc(F)c1. The summed E-state index contributed by atoms with van der Waals surface area (Å²) < 4.78 is 13.6. The Bertz CT molecular complexity index is 615. The van der Waals surface area contributed by atoms with Crippen LogP contribution in [0.15, 0.2) is 24.3 Å². The fourth-order valence-electron chi connectivity index (χ4n) is 3.50. The number of likely N-dealkylation sites (tertiary alicyclic amines) is 1. The Balaban J connectivity index is 1.86. The van der Waals surface area contributed by atoms with Crippen LogP contribution >= 0.6 is 0 Å². The molecule has 0 radical (unpaired) electrons. The molecule has 2 unspecified atom stereocenters. The minimum Gasteiger partial charge on any atom is -0.345 e. The first kappa shape index (κ1) is 16.0. The zero-order valence-corrected chi connectivity index (χ0v) is 13.7. The molecular weight excluding hydrogens is 295 g/mol. The number of nitrogens with zero attached hydrogens (tertiary/aromatic N) is 2. The third-order valence-electron chi connectivity index (χ3n) is 4.97. The van der Waals surface area contributed by atoms with Crippen LogP contribution < -0.4 is 0 Å². The third-order valence-corrected chi connectivity index (χ3v) is 4.97. The zero-order chi connectivity index (χ0) is 16.6. The number of hydrogen-bond donors (Lipinski definition) is 0. The van der Waals surface area contributed by atoms with Gasteiger partial charge in [0.25, 0.3) is 0 Å². The van der Waals surface area contributed by atoms with E-state index in [4.69, 9.17) is 0 Å². The van der Waals surface area contributed by atoms with E-state index in [1.807, 2.05) is 7.05 Å². The van der Waals surface area contributed by atoms with E-state index in [1.165, 1.54) is 25.0 Å². The molecule has 5 heteroatoms. The van der Waals surface area contributed by atoms with Gasteiger partial charge >= 0.3 is 0 Å². The van der Waals surface area contributed by atoms with Crippen LogP contribution in [-0.4, -0.2) is 42.3 Å². The summed E-state index contributed by atoms with van der Waals surface area (Å²) in [5.41, 5.74) is 0.693. The Morgan fingerprint density at radius 3 is 2.74 bits per heavy atom. The van der Waals surface area contributed by atoms with Crippen LogP contribution in [-0.2, 0) is 9.59 Å². The number of rotatable bonds is 4. The minimum atomic E-state index is -0.388. The second-order valence-corrected chi connectivity index (χ2v) is 6.81. The van der Waals surface area contributed by atoms with Crippen molar-refractivity contribution in [3.8, 4) is 0 Å². The largest absolute Gasteiger partial charge is 0.345 e. The van der Waals surface area contributed by atoms with Crippen LogP contribution in [0.1, 0.15) is 37.3 Å². The molecule has 124 valence electrons. The van der Waals surface area contributed by atoms with Crippen molar-refractivity contribution in [2.75, 3.05) is 20.6 Å². The van der Waals surface area contributed by atoms with Gasteiger partial charge in [-0.05, 0) is 42.9 Å². The zero-order valence-electron chi connectivity index (χ0n) is 13.7. The predicted molar refractivity (Wildman–Crippen MR) is 85.0 cm³/mol. The lowest BCUT2D eigenvalue weighted by Crippen LogP contribution is -2.47. The molecule has 0 bridgehead atoms. The summed E-state index contributed by atoms with van der Waals surface area (Å²) in [5.74, 6) is 0.0490. The molecule has 23 heavy (non-hydrogen) atoms. The van der Waals surface area contributed by atoms with E-state index in [9.17, 15) is 14.0 Å². The van der Waals surface area contributed by atoms with E-state index in [2.05, 4.69) is 0 Å². The number of amides is 2. The standard InChI is InChI=1S/C18H23FN2O2/c1-20(11-12-6-7-12)18(23)15-8-9-16(22)21(2)17(15)13-4-3-5-14(19)10-13/h3-5,10,12,15,17H,6-9,11H2,1-2H3. The Kier molecular flexibility index (Phi) is 4.37. The van der Waals surface area contributed by atoms with Crippen molar-refractivity contribution in [3.05, 3.63) is 35.6 Å². The molecule has 1 saturated heterocycles. The third kappa shape index (κ3) is 3.38. The maximum Gasteiger partial charge on any atom is 0.227 e. The smallest absolute Gasteiger partial charge is 0.227 e. The summed E-state index contributed by atoms with van der Waals surface area (Å²) in [7, 11) is 3.54. The van der Waals surface area contributed by atoms with Gasteiger partial charge in [-0.3, -0.25) is 9.59 Å². The molecule has 2 amide bonds. The van der Waals surface area contributed by atoms with E-state index in [0.717, 1.165) is 6.54 Å². The monoisotopic (exact) mass is 318 g/mol. The van der Waals surface area contributed by atoms with Gasteiger partial charge in [-0.1, -0.05) is 12.1 Å². The minimum absolute atomic E-state index is 0.00755. The molecule has 1 aromatic carbocycles. The quantitative estimate of drug-likeness (QED) is 0.856. The summed E-state index contributed by atoms with van der Waals surface area (Å²) in [6.45, 7) is 0.781. The summed E-state index contributed by atoms with van der Waals surface area (Å²) in [6, 6.07) is 5.85.